The third kappa shape index (κ3) is 2.73. The van der Waals surface area contributed by atoms with Gasteiger partial charge in [-0.25, -0.2) is 0 Å². The number of para-hydroxylation sites is 1. The fourth-order valence-electron chi connectivity index (χ4n) is 2.16. The van der Waals surface area contributed by atoms with Crippen LogP contribution in [0.5, 0.6) is 5.75 Å². The fourth-order valence-corrected chi connectivity index (χ4v) is 2.16. The van der Waals surface area contributed by atoms with E-state index in [0.717, 1.165) is 29.7 Å². The molecule has 0 saturated heterocycles. The van der Waals surface area contributed by atoms with E-state index in [1.165, 1.54) is 0 Å². The van der Waals surface area contributed by atoms with Crippen molar-refractivity contribution in [3.8, 4) is 5.75 Å². The van der Waals surface area contributed by atoms with Gasteiger partial charge in [-0.05, 0) is 19.4 Å². The molecule has 1 aliphatic heterocycles. The van der Waals surface area contributed by atoms with Gasteiger partial charge in [0.25, 0.3) is 0 Å². The molecule has 0 aromatic heterocycles. The average molecular weight is 245 g/mol. The summed E-state index contributed by atoms with van der Waals surface area (Å²) >= 11 is 0. The maximum atomic E-state index is 12.0. The van der Waals surface area contributed by atoms with Gasteiger partial charge in [0.15, 0.2) is 0 Å². The van der Waals surface area contributed by atoms with Gasteiger partial charge in [-0.1, -0.05) is 31.2 Å². The maximum Gasteiger partial charge on any atom is 0.247 e. The summed E-state index contributed by atoms with van der Waals surface area (Å²) in [5, 5.41) is 3.07. The van der Waals surface area contributed by atoms with Crippen molar-refractivity contribution in [3.05, 3.63) is 41.5 Å². The minimum atomic E-state index is 0.0125. The third-order valence-electron chi connectivity index (χ3n) is 3.13. The number of rotatable bonds is 3. The van der Waals surface area contributed by atoms with Gasteiger partial charge >= 0.3 is 0 Å². The van der Waals surface area contributed by atoms with Gasteiger partial charge < -0.3 is 10.1 Å². The summed E-state index contributed by atoms with van der Waals surface area (Å²) < 4.78 is 5.58. The molecule has 1 N–H and O–H groups in total. The maximum absolute atomic E-state index is 12.0. The normalized spacial score (nSPS) is 18.8. The molecule has 18 heavy (non-hydrogen) atoms. The predicted molar refractivity (Wildman–Crippen MR) is 71.5 cm³/mol. The molecule has 3 heteroatoms. The molecule has 0 spiro atoms. The predicted octanol–water partition coefficient (Wildman–Crippen LogP) is 2.98. The van der Waals surface area contributed by atoms with Gasteiger partial charge in [-0.2, -0.15) is 0 Å². The largest absolute Gasteiger partial charge is 0.493 e. The van der Waals surface area contributed by atoms with E-state index < -0.39 is 0 Å². The molecule has 2 rings (SSSR count). The molecule has 0 bridgehead atoms. The van der Waals surface area contributed by atoms with Crippen LogP contribution in [0.15, 0.2) is 35.9 Å². The number of allylic oxidation sites excluding steroid dienone is 1. The first-order chi connectivity index (χ1) is 8.72. The highest BCUT2D eigenvalue weighted by Gasteiger charge is 2.22. The summed E-state index contributed by atoms with van der Waals surface area (Å²) in [5.74, 6) is 0.893. The highest BCUT2D eigenvalue weighted by atomic mass is 16.5. The lowest BCUT2D eigenvalue weighted by Crippen LogP contribution is -2.32. The standard InChI is InChI=1S/C15H19NO2/c1-3-6-11(2)15(17)16-13-9-10-18-14-8-5-4-7-12(13)14/h4-8,13H,3,9-10H2,1-2H3,(H,16,17). The number of nitrogens with one attached hydrogen (secondary N) is 1. The van der Waals surface area contributed by atoms with E-state index in [1.807, 2.05) is 44.2 Å². The van der Waals surface area contributed by atoms with Crippen molar-refractivity contribution in [2.75, 3.05) is 6.61 Å². The Bertz CT molecular complexity index is 465. The molecule has 1 amide bonds. The van der Waals surface area contributed by atoms with E-state index in [4.69, 9.17) is 4.74 Å². The summed E-state index contributed by atoms with van der Waals surface area (Å²) in [6.07, 6.45) is 3.65. The van der Waals surface area contributed by atoms with Gasteiger partial charge in [0.05, 0.1) is 12.6 Å². The average Bonchev–Trinajstić information content (AvgIpc) is 2.39. The zero-order valence-electron chi connectivity index (χ0n) is 10.9. The van der Waals surface area contributed by atoms with Crippen molar-refractivity contribution < 1.29 is 9.53 Å². The number of amides is 1. The van der Waals surface area contributed by atoms with E-state index in [2.05, 4.69) is 5.32 Å². The quantitative estimate of drug-likeness (QED) is 0.831. The molecule has 1 aliphatic rings. The van der Waals surface area contributed by atoms with E-state index in [-0.39, 0.29) is 11.9 Å². The molecule has 1 heterocycles. The highest BCUT2D eigenvalue weighted by molar-refractivity contribution is 5.93. The van der Waals surface area contributed by atoms with Crippen LogP contribution in [0.1, 0.15) is 38.3 Å². The van der Waals surface area contributed by atoms with Crippen LogP contribution in [0, 0.1) is 0 Å². The number of ether oxygens (including phenoxy) is 1. The van der Waals surface area contributed by atoms with Gasteiger partial charge in [-0.15, -0.1) is 0 Å². The van der Waals surface area contributed by atoms with Crippen LogP contribution in [0.25, 0.3) is 0 Å². The highest BCUT2D eigenvalue weighted by Crippen LogP contribution is 2.31. The summed E-state index contributed by atoms with van der Waals surface area (Å²) in [7, 11) is 0. The van der Waals surface area contributed by atoms with Crippen molar-refractivity contribution >= 4 is 5.91 Å². The summed E-state index contributed by atoms with van der Waals surface area (Å²) in [5.41, 5.74) is 1.85. The Morgan fingerprint density at radius 2 is 2.28 bits per heavy atom. The van der Waals surface area contributed by atoms with Crippen LogP contribution in [-0.4, -0.2) is 12.5 Å². The molecular formula is C15H19NO2. The number of carbonyl (C=O) groups is 1. The molecule has 0 aliphatic carbocycles. The third-order valence-corrected chi connectivity index (χ3v) is 3.13. The van der Waals surface area contributed by atoms with Crippen molar-refractivity contribution in [1.29, 1.82) is 0 Å². The Labute approximate surface area is 108 Å². The molecule has 1 aromatic rings. The molecule has 0 saturated carbocycles. The van der Waals surface area contributed by atoms with Crippen LogP contribution < -0.4 is 10.1 Å². The van der Waals surface area contributed by atoms with Gasteiger partial charge in [0.2, 0.25) is 5.91 Å². The van der Waals surface area contributed by atoms with Gasteiger partial charge in [0, 0.05) is 17.6 Å². The molecule has 3 nitrogen and oxygen atoms in total. The molecule has 0 radical (unpaired) electrons. The number of hydrogen-bond acceptors (Lipinski definition) is 2. The Balaban J connectivity index is 2.12. The van der Waals surface area contributed by atoms with Crippen LogP contribution in [0.2, 0.25) is 0 Å². The van der Waals surface area contributed by atoms with E-state index in [0.29, 0.717) is 6.61 Å². The molecule has 1 unspecified atom stereocenters. The topological polar surface area (TPSA) is 38.3 Å². The zero-order valence-corrected chi connectivity index (χ0v) is 10.9. The van der Waals surface area contributed by atoms with Crippen LogP contribution >= 0.6 is 0 Å². The Morgan fingerprint density at radius 1 is 1.50 bits per heavy atom. The van der Waals surface area contributed by atoms with E-state index in [1.54, 1.807) is 0 Å². The summed E-state index contributed by atoms with van der Waals surface area (Å²) in [6.45, 7) is 4.53. The minimum absolute atomic E-state index is 0.0125. The van der Waals surface area contributed by atoms with Crippen molar-refractivity contribution in [1.82, 2.24) is 5.32 Å². The SMILES string of the molecule is CCC=C(C)C(=O)NC1CCOc2ccccc21. The first kappa shape index (κ1) is 12.7. The van der Waals surface area contributed by atoms with Crippen molar-refractivity contribution in [2.45, 2.75) is 32.7 Å². The number of carbonyl (C=O) groups excluding carboxylic acids is 1. The van der Waals surface area contributed by atoms with Crippen molar-refractivity contribution in [3.63, 3.8) is 0 Å². The van der Waals surface area contributed by atoms with Crippen molar-refractivity contribution in [2.24, 2.45) is 0 Å². The zero-order chi connectivity index (χ0) is 13.0. The summed E-state index contributed by atoms with van der Waals surface area (Å²) in [6, 6.07) is 7.94. The van der Waals surface area contributed by atoms with E-state index >= 15 is 0 Å². The Kier molecular flexibility index (Phi) is 4.03. The molecule has 0 fully saturated rings. The lowest BCUT2D eigenvalue weighted by Gasteiger charge is -2.26. The first-order valence-corrected chi connectivity index (χ1v) is 6.41. The van der Waals surface area contributed by atoms with Crippen LogP contribution in [-0.2, 0) is 4.79 Å². The lowest BCUT2D eigenvalue weighted by atomic mass is 10.00. The number of hydrogen-bond donors (Lipinski definition) is 1. The molecule has 1 atom stereocenters. The second-order valence-corrected chi connectivity index (χ2v) is 4.50. The molecule has 1 aromatic carbocycles. The number of fused-ring (bicyclic) bond motifs is 1. The van der Waals surface area contributed by atoms with Crippen LogP contribution in [0.3, 0.4) is 0 Å². The smallest absolute Gasteiger partial charge is 0.247 e. The summed E-state index contributed by atoms with van der Waals surface area (Å²) in [4.78, 5) is 12.0. The second-order valence-electron chi connectivity index (χ2n) is 4.50. The van der Waals surface area contributed by atoms with Gasteiger partial charge in [-0.3, -0.25) is 4.79 Å². The van der Waals surface area contributed by atoms with E-state index in [9.17, 15) is 4.79 Å². The molecular weight excluding hydrogens is 226 g/mol. The lowest BCUT2D eigenvalue weighted by molar-refractivity contribution is -0.118. The Morgan fingerprint density at radius 3 is 3.06 bits per heavy atom. The molecule has 96 valence electrons. The monoisotopic (exact) mass is 245 g/mol. The fraction of sp³-hybridized carbons (Fsp3) is 0.400. The number of benzene rings is 1. The van der Waals surface area contributed by atoms with Gasteiger partial charge in [0.1, 0.15) is 5.75 Å². The first-order valence-electron chi connectivity index (χ1n) is 6.41. The van der Waals surface area contributed by atoms with Crippen LogP contribution in [0.4, 0.5) is 0 Å². The minimum Gasteiger partial charge on any atom is -0.493 e. The second kappa shape index (κ2) is 5.71. The Hall–Kier alpha value is -1.77.